The van der Waals surface area contributed by atoms with Gasteiger partial charge in [0.05, 0.1) is 12.5 Å². The van der Waals surface area contributed by atoms with Crippen LogP contribution in [0.15, 0.2) is 36.4 Å². The molecule has 0 saturated carbocycles. The molecule has 22 heavy (non-hydrogen) atoms. The number of amides is 1. The highest BCUT2D eigenvalue weighted by Gasteiger charge is 2.15. The minimum atomic E-state index is -1.61. The monoisotopic (exact) mass is 329 g/mol. The summed E-state index contributed by atoms with van der Waals surface area (Å²) < 4.78 is 38.9. The third-order valence-corrected chi connectivity index (χ3v) is 3.15. The first-order valence-corrected chi connectivity index (χ1v) is 6.62. The van der Waals surface area contributed by atoms with E-state index in [9.17, 15) is 23.1 Å². The van der Waals surface area contributed by atoms with Gasteiger partial charge in [-0.2, -0.15) is 0 Å². The zero-order valence-corrected chi connectivity index (χ0v) is 11.9. The number of carbonyl (C=O) groups is 1. The summed E-state index contributed by atoms with van der Waals surface area (Å²) in [5.41, 5.74) is 0.237. The Morgan fingerprint density at radius 1 is 1.14 bits per heavy atom. The van der Waals surface area contributed by atoms with Gasteiger partial charge < -0.3 is 10.4 Å². The Bertz CT molecular complexity index is 669. The van der Waals surface area contributed by atoms with Gasteiger partial charge in [-0.25, -0.2) is 13.2 Å². The number of aliphatic hydroxyl groups excluding tert-OH is 1. The van der Waals surface area contributed by atoms with Crippen molar-refractivity contribution in [3.8, 4) is 0 Å². The second-order valence-electron chi connectivity index (χ2n) is 4.57. The fourth-order valence-electron chi connectivity index (χ4n) is 1.82. The maximum atomic E-state index is 13.0. The van der Waals surface area contributed by atoms with Crippen molar-refractivity contribution in [2.45, 2.75) is 12.5 Å². The van der Waals surface area contributed by atoms with Gasteiger partial charge in [0, 0.05) is 22.8 Å². The Morgan fingerprint density at radius 3 is 2.23 bits per heavy atom. The quantitative estimate of drug-likeness (QED) is 0.838. The van der Waals surface area contributed by atoms with E-state index in [1.807, 2.05) is 0 Å². The van der Waals surface area contributed by atoms with Gasteiger partial charge >= 0.3 is 0 Å². The lowest BCUT2D eigenvalue weighted by molar-refractivity contribution is -0.118. The molecule has 2 aromatic carbocycles. The van der Waals surface area contributed by atoms with Gasteiger partial charge in [0.25, 0.3) is 0 Å². The molecule has 0 spiro atoms. The van der Waals surface area contributed by atoms with Crippen LogP contribution in [0.4, 0.5) is 18.9 Å². The molecule has 1 atom stereocenters. The third-order valence-electron chi connectivity index (χ3n) is 2.90. The zero-order valence-electron chi connectivity index (χ0n) is 11.1. The van der Waals surface area contributed by atoms with E-state index in [0.29, 0.717) is 22.7 Å². The highest BCUT2D eigenvalue weighted by molar-refractivity contribution is 6.30. The minimum absolute atomic E-state index is 0.232. The summed E-state index contributed by atoms with van der Waals surface area (Å²) >= 11 is 5.71. The molecular weight excluding hydrogens is 319 g/mol. The largest absolute Gasteiger partial charge is 0.388 e. The molecule has 0 heterocycles. The van der Waals surface area contributed by atoms with E-state index in [1.54, 1.807) is 24.3 Å². The van der Waals surface area contributed by atoms with E-state index in [-0.39, 0.29) is 12.1 Å². The van der Waals surface area contributed by atoms with Crippen LogP contribution in [-0.4, -0.2) is 11.0 Å². The van der Waals surface area contributed by atoms with Crippen molar-refractivity contribution in [1.29, 1.82) is 0 Å². The predicted octanol–water partition coefficient (Wildman–Crippen LogP) is 3.82. The molecule has 0 bridgehead atoms. The van der Waals surface area contributed by atoms with Crippen molar-refractivity contribution in [1.82, 2.24) is 0 Å². The average Bonchev–Trinajstić information content (AvgIpc) is 2.45. The SMILES string of the molecule is O=C(CC(O)c1ccc(Cl)cc1)Nc1cc(F)c(F)c(F)c1. The van der Waals surface area contributed by atoms with Crippen LogP contribution in [0.1, 0.15) is 18.1 Å². The summed E-state index contributed by atoms with van der Waals surface area (Å²) in [6.45, 7) is 0. The molecule has 1 amide bonds. The van der Waals surface area contributed by atoms with Crippen molar-refractivity contribution < 1.29 is 23.1 Å². The molecule has 0 aliphatic carbocycles. The molecule has 2 N–H and O–H groups in total. The maximum Gasteiger partial charge on any atom is 0.227 e. The lowest BCUT2D eigenvalue weighted by Gasteiger charge is -2.11. The number of hydrogen-bond acceptors (Lipinski definition) is 2. The second-order valence-corrected chi connectivity index (χ2v) is 5.01. The number of rotatable bonds is 4. The Labute approximate surface area is 129 Å². The van der Waals surface area contributed by atoms with Crippen molar-refractivity contribution in [2.24, 2.45) is 0 Å². The van der Waals surface area contributed by atoms with Crippen molar-refractivity contribution in [3.63, 3.8) is 0 Å². The van der Waals surface area contributed by atoms with E-state index in [2.05, 4.69) is 5.32 Å². The Kier molecular flexibility index (Phi) is 5.05. The van der Waals surface area contributed by atoms with E-state index in [0.717, 1.165) is 0 Å². The summed E-state index contributed by atoms with van der Waals surface area (Å²) in [4.78, 5) is 11.7. The van der Waals surface area contributed by atoms with Gasteiger partial charge in [0.15, 0.2) is 17.5 Å². The van der Waals surface area contributed by atoms with Crippen molar-refractivity contribution in [3.05, 3.63) is 64.4 Å². The van der Waals surface area contributed by atoms with E-state index < -0.39 is 29.5 Å². The van der Waals surface area contributed by atoms with Crippen molar-refractivity contribution >= 4 is 23.2 Å². The summed E-state index contributed by atoms with van der Waals surface area (Å²) in [6.07, 6.45) is -1.44. The molecular formula is C15H11ClF3NO2. The molecule has 0 radical (unpaired) electrons. The standard InChI is InChI=1S/C15H11ClF3NO2/c16-9-3-1-8(2-4-9)13(21)7-14(22)20-10-5-11(17)15(19)12(18)6-10/h1-6,13,21H,7H2,(H,20,22). The van der Waals surface area contributed by atoms with Crippen LogP contribution < -0.4 is 5.32 Å². The van der Waals surface area contributed by atoms with E-state index in [1.165, 1.54) is 0 Å². The van der Waals surface area contributed by atoms with E-state index >= 15 is 0 Å². The third kappa shape index (κ3) is 3.99. The van der Waals surface area contributed by atoms with Crippen LogP contribution in [0.25, 0.3) is 0 Å². The Morgan fingerprint density at radius 2 is 1.68 bits per heavy atom. The highest BCUT2D eigenvalue weighted by atomic mass is 35.5. The summed E-state index contributed by atoms with van der Waals surface area (Å²) in [6, 6.07) is 7.54. The fourth-order valence-corrected chi connectivity index (χ4v) is 1.94. The van der Waals surface area contributed by atoms with Crippen LogP contribution in [0.3, 0.4) is 0 Å². The van der Waals surface area contributed by atoms with Crippen LogP contribution in [0, 0.1) is 17.5 Å². The lowest BCUT2D eigenvalue weighted by atomic mass is 10.1. The maximum absolute atomic E-state index is 13.0. The Hall–Kier alpha value is -2.05. The van der Waals surface area contributed by atoms with Gasteiger partial charge in [0.2, 0.25) is 5.91 Å². The number of anilines is 1. The highest BCUT2D eigenvalue weighted by Crippen LogP contribution is 2.21. The normalized spacial score (nSPS) is 12.0. The zero-order chi connectivity index (χ0) is 16.3. The molecule has 0 aromatic heterocycles. The molecule has 0 fully saturated rings. The molecule has 0 saturated heterocycles. The lowest BCUT2D eigenvalue weighted by Crippen LogP contribution is -2.16. The van der Waals surface area contributed by atoms with Gasteiger partial charge in [0.1, 0.15) is 0 Å². The van der Waals surface area contributed by atoms with Gasteiger partial charge in [-0.1, -0.05) is 23.7 Å². The predicted molar refractivity (Wildman–Crippen MR) is 76.0 cm³/mol. The fraction of sp³-hybridized carbons (Fsp3) is 0.133. The molecule has 2 aromatic rings. The first-order chi connectivity index (χ1) is 10.4. The number of hydrogen-bond donors (Lipinski definition) is 2. The minimum Gasteiger partial charge on any atom is -0.388 e. The summed E-state index contributed by atoms with van der Waals surface area (Å²) in [5, 5.41) is 12.6. The number of benzene rings is 2. The second kappa shape index (κ2) is 6.81. The molecule has 116 valence electrons. The summed E-state index contributed by atoms with van der Waals surface area (Å²) in [5.74, 6) is -5.10. The van der Waals surface area contributed by atoms with Crippen LogP contribution in [0.5, 0.6) is 0 Å². The van der Waals surface area contributed by atoms with Crippen LogP contribution in [0.2, 0.25) is 5.02 Å². The van der Waals surface area contributed by atoms with Crippen LogP contribution >= 0.6 is 11.6 Å². The molecule has 0 aliphatic heterocycles. The topological polar surface area (TPSA) is 49.3 Å². The molecule has 2 rings (SSSR count). The molecule has 7 heteroatoms. The first kappa shape index (κ1) is 16.3. The molecule has 3 nitrogen and oxygen atoms in total. The number of nitrogens with one attached hydrogen (secondary N) is 1. The number of aliphatic hydroxyl groups is 1. The number of carbonyl (C=O) groups excluding carboxylic acids is 1. The molecule has 0 aliphatic rings. The van der Waals surface area contributed by atoms with Gasteiger partial charge in [-0.15, -0.1) is 0 Å². The van der Waals surface area contributed by atoms with Crippen LogP contribution in [-0.2, 0) is 4.79 Å². The van der Waals surface area contributed by atoms with Gasteiger partial charge in [-0.3, -0.25) is 4.79 Å². The average molecular weight is 330 g/mol. The van der Waals surface area contributed by atoms with E-state index in [4.69, 9.17) is 11.6 Å². The smallest absolute Gasteiger partial charge is 0.227 e. The molecule has 1 unspecified atom stereocenters. The van der Waals surface area contributed by atoms with Gasteiger partial charge in [-0.05, 0) is 17.7 Å². The first-order valence-electron chi connectivity index (χ1n) is 6.24. The van der Waals surface area contributed by atoms with Crippen molar-refractivity contribution in [2.75, 3.05) is 5.32 Å². The number of halogens is 4. The summed E-state index contributed by atoms with van der Waals surface area (Å²) in [7, 11) is 0. The Balaban J connectivity index is 2.02.